The number of rotatable bonds is 6. The number of nitrogens with zero attached hydrogens (tertiary/aromatic N) is 1. The number of ether oxygens (including phenoxy) is 1. The lowest BCUT2D eigenvalue weighted by Crippen LogP contribution is -2.16. The van der Waals surface area contributed by atoms with Gasteiger partial charge in [-0.25, -0.2) is 4.39 Å². The number of pyridine rings is 1. The van der Waals surface area contributed by atoms with E-state index in [0.717, 1.165) is 23.1 Å². The third-order valence-corrected chi connectivity index (χ3v) is 4.49. The van der Waals surface area contributed by atoms with E-state index in [1.807, 2.05) is 31.3 Å². The van der Waals surface area contributed by atoms with Crippen LogP contribution in [0.2, 0.25) is 0 Å². The van der Waals surface area contributed by atoms with Crippen molar-refractivity contribution >= 4 is 22.1 Å². The van der Waals surface area contributed by atoms with E-state index in [9.17, 15) is 4.39 Å². The zero-order valence-electron chi connectivity index (χ0n) is 12.3. The molecule has 0 bridgehead atoms. The average molecular weight is 316 g/mol. The summed E-state index contributed by atoms with van der Waals surface area (Å²) in [5, 5.41) is 6.85. The minimum atomic E-state index is -0.300. The maximum atomic E-state index is 13.9. The van der Waals surface area contributed by atoms with Crippen LogP contribution < -0.4 is 10.1 Å². The number of benzene rings is 1. The maximum absolute atomic E-state index is 13.9. The lowest BCUT2D eigenvalue weighted by atomic mass is 10.1. The molecule has 0 radical (unpaired) electrons. The standard InChI is InChI=1S/C17H17FN2OS/c1-19-8-6-16(17-14(18)7-10-22-17)21-15-4-2-3-12-11-20-9-5-13(12)15/h2-5,7,9-11,16,19H,6,8H2,1H3. The maximum Gasteiger partial charge on any atom is 0.140 e. The summed E-state index contributed by atoms with van der Waals surface area (Å²) in [6.45, 7) is 0.758. The van der Waals surface area contributed by atoms with Gasteiger partial charge in [0.05, 0.1) is 4.88 Å². The lowest BCUT2D eigenvalue weighted by Gasteiger charge is -2.19. The number of fused-ring (bicyclic) bond motifs is 1. The molecule has 0 amide bonds. The van der Waals surface area contributed by atoms with Crippen molar-refractivity contribution in [3.05, 3.63) is 58.8 Å². The molecule has 3 aromatic rings. The van der Waals surface area contributed by atoms with Crippen LogP contribution in [0.5, 0.6) is 5.75 Å². The Hall–Kier alpha value is -1.98. The highest BCUT2D eigenvalue weighted by molar-refractivity contribution is 7.10. The summed E-state index contributed by atoms with van der Waals surface area (Å²) >= 11 is 1.39. The van der Waals surface area contributed by atoms with Crippen LogP contribution >= 0.6 is 11.3 Å². The molecular weight excluding hydrogens is 299 g/mol. The van der Waals surface area contributed by atoms with Crippen LogP contribution in [0.25, 0.3) is 10.8 Å². The van der Waals surface area contributed by atoms with Gasteiger partial charge in [-0.05, 0) is 37.2 Å². The van der Waals surface area contributed by atoms with Gasteiger partial charge in [-0.1, -0.05) is 12.1 Å². The van der Waals surface area contributed by atoms with E-state index < -0.39 is 0 Å². The molecule has 1 aromatic carbocycles. The van der Waals surface area contributed by atoms with Crippen LogP contribution in [0.3, 0.4) is 0 Å². The van der Waals surface area contributed by atoms with Crippen molar-refractivity contribution in [3.63, 3.8) is 0 Å². The van der Waals surface area contributed by atoms with Crippen LogP contribution in [0.1, 0.15) is 17.4 Å². The molecule has 2 heterocycles. The lowest BCUT2D eigenvalue weighted by molar-refractivity contribution is 0.197. The van der Waals surface area contributed by atoms with Crippen molar-refractivity contribution in [2.45, 2.75) is 12.5 Å². The van der Waals surface area contributed by atoms with Gasteiger partial charge in [0.1, 0.15) is 17.7 Å². The molecule has 2 aromatic heterocycles. The minimum absolute atomic E-state index is 0.201. The second-order valence-electron chi connectivity index (χ2n) is 4.98. The number of hydrogen-bond acceptors (Lipinski definition) is 4. The van der Waals surface area contributed by atoms with E-state index >= 15 is 0 Å². The van der Waals surface area contributed by atoms with E-state index in [0.29, 0.717) is 11.3 Å². The fourth-order valence-electron chi connectivity index (χ4n) is 2.40. The van der Waals surface area contributed by atoms with E-state index in [4.69, 9.17) is 4.74 Å². The number of aromatic nitrogens is 1. The molecule has 1 unspecified atom stereocenters. The monoisotopic (exact) mass is 316 g/mol. The highest BCUT2D eigenvalue weighted by Gasteiger charge is 2.19. The molecule has 0 fully saturated rings. The molecule has 114 valence electrons. The molecular formula is C17H17FN2OS. The molecule has 22 heavy (non-hydrogen) atoms. The molecule has 3 rings (SSSR count). The molecule has 0 aliphatic carbocycles. The Bertz CT molecular complexity index is 754. The Balaban J connectivity index is 1.93. The van der Waals surface area contributed by atoms with Gasteiger partial charge in [0, 0.05) is 29.6 Å². The van der Waals surface area contributed by atoms with Crippen LogP contribution in [-0.2, 0) is 0 Å². The summed E-state index contributed by atoms with van der Waals surface area (Å²) in [4.78, 5) is 4.76. The number of nitrogens with one attached hydrogen (secondary N) is 1. The van der Waals surface area contributed by atoms with Gasteiger partial charge in [0.2, 0.25) is 0 Å². The number of halogens is 1. The van der Waals surface area contributed by atoms with Gasteiger partial charge in [0.25, 0.3) is 0 Å². The van der Waals surface area contributed by atoms with Crippen LogP contribution in [0, 0.1) is 5.82 Å². The predicted octanol–water partition coefficient (Wildman–Crippen LogP) is 4.17. The van der Waals surface area contributed by atoms with E-state index in [-0.39, 0.29) is 11.9 Å². The zero-order chi connectivity index (χ0) is 15.4. The molecule has 3 nitrogen and oxygen atoms in total. The first kappa shape index (κ1) is 14.9. The fourth-order valence-corrected chi connectivity index (χ4v) is 3.24. The smallest absolute Gasteiger partial charge is 0.140 e. The first-order valence-corrected chi connectivity index (χ1v) is 8.04. The first-order chi connectivity index (χ1) is 10.8. The summed E-state index contributed by atoms with van der Waals surface area (Å²) in [6, 6.07) is 9.25. The molecule has 0 aliphatic heterocycles. The molecule has 0 saturated carbocycles. The SMILES string of the molecule is CNCCC(Oc1cccc2cnccc12)c1sccc1F. The minimum Gasteiger partial charge on any atom is -0.484 e. The van der Waals surface area contributed by atoms with Crippen molar-refractivity contribution in [2.24, 2.45) is 0 Å². The quantitative estimate of drug-likeness (QED) is 0.741. The van der Waals surface area contributed by atoms with Gasteiger partial charge in [-0.3, -0.25) is 4.98 Å². The van der Waals surface area contributed by atoms with Crippen molar-refractivity contribution < 1.29 is 9.13 Å². The highest BCUT2D eigenvalue weighted by Crippen LogP contribution is 2.33. The largest absolute Gasteiger partial charge is 0.484 e. The average Bonchev–Trinajstić information content (AvgIpc) is 2.97. The van der Waals surface area contributed by atoms with E-state index in [1.165, 1.54) is 17.4 Å². The normalized spacial score (nSPS) is 12.5. The predicted molar refractivity (Wildman–Crippen MR) is 87.9 cm³/mol. The third kappa shape index (κ3) is 3.10. The molecule has 1 atom stereocenters. The third-order valence-electron chi connectivity index (χ3n) is 3.50. The van der Waals surface area contributed by atoms with Crippen molar-refractivity contribution in [1.82, 2.24) is 10.3 Å². The molecule has 1 N–H and O–H groups in total. The van der Waals surface area contributed by atoms with Crippen molar-refractivity contribution in [2.75, 3.05) is 13.6 Å². The van der Waals surface area contributed by atoms with Crippen molar-refractivity contribution in [1.29, 1.82) is 0 Å². The summed E-state index contributed by atoms with van der Waals surface area (Å²) in [5.41, 5.74) is 0. The second kappa shape index (κ2) is 6.85. The summed E-state index contributed by atoms with van der Waals surface area (Å²) < 4.78 is 20.1. The summed E-state index contributed by atoms with van der Waals surface area (Å²) in [7, 11) is 1.88. The van der Waals surface area contributed by atoms with Gasteiger partial charge in [-0.15, -0.1) is 11.3 Å². The van der Waals surface area contributed by atoms with Crippen LogP contribution in [-0.4, -0.2) is 18.6 Å². The molecule has 5 heteroatoms. The van der Waals surface area contributed by atoms with Gasteiger partial charge < -0.3 is 10.1 Å². The van der Waals surface area contributed by atoms with Crippen molar-refractivity contribution in [3.8, 4) is 5.75 Å². The Morgan fingerprint density at radius 3 is 3.00 bits per heavy atom. The molecule has 0 aliphatic rings. The number of thiophene rings is 1. The fraction of sp³-hybridized carbons (Fsp3) is 0.235. The Morgan fingerprint density at radius 1 is 1.32 bits per heavy atom. The molecule has 0 spiro atoms. The van der Waals surface area contributed by atoms with E-state index in [1.54, 1.807) is 17.8 Å². The van der Waals surface area contributed by atoms with Gasteiger partial charge in [0.15, 0.2) is 0 Å². The summed E-state index contributed by atoms with van der Waals surface area (Å²) in [6.07, 6.45) is 3.95. The Labute approximate surface area is 132 Å². The van der Waals surface area contributed by atoms with Crippen LogP contribution in [0.15, 0.2) is 48.1 Å². The number of hydrogen-bond donors (Lipinski definition) is 1. The van der Waals surface area contributed by atoms with Crippen LogP contribution in [0.4, 0.5) is 4.39 Å². The Kier molecular flexibility index (Phi) is 4.65. The van der Waals surface area contributed by atoms with E-state index in [2.05, 4.69) is 10.3 Å². The highest BCUT2D eigenvalue weighted by atomic mass is 32.1. The van der Waals surface area contributed by atoms with Gasteiger partial charge >= 0.3 is 0 Å². The second-order valence-corrected chi connectivity index (χ2v) is 5.93. The van der Waals surface area contributed by atoms with Gasteiger partial charge in [-0.2, -0.15) is 0 Å². The first-order valence-electron chi connectivity index (χ1n) is 7.16. The Morgan fingerprint density at radius 2 is 2.23 bits per heavy atom. The zero-order valence-corrected chi connectivity index (χ0v) is 13.1. The molecule has 0 saturated heterocycles. The summed E-state index contributed by atoms with van der Waals surface area (Å²) in [5.74, 6) is 0.557. The topological polar surface area (TPSA) is 34.1 Å².